The molecule has 2 rings (SSSR count). The molecule has 7 nitrogen and oxygen atoms in total. The van der Waals surface area contributed by atoms with Gasteiger partial charge in [-0.15, -0.1) is 0 Å². The van der Waals surface area contributed by atoms with Gasteiger partial charge in [0.05, 0.1) is 25.0 Å². The van der Waals surface area contributed by atoms with E-state index in [4.69, 9.17) is 4.74 Å². The molecule has 0 aliphatic carbocycles. The smallest absolute Gasteiger partial charge is 0.283 e. The molecule has 1 atom stereocenters. The van der Waals surface area contributed by atoms with Gasteiger partial charge in [-0.25, -0.2) is 4.68 Å². The van der Waals surface area contributed by atoms with Crippen LogP contribution in [0.25, 0.3) is 0 Å². The first-order chi connectivity index (χ1) is 9.91. The van der Waals surface area contributed by atoms with E-state index in [2.05, 4.69) is 26.3 Å². The van der Waals surface area contributed by atoms with Crippen LogP contribution in [0.3, 0.4) is 0 Å². The van der Waals surface area contributed by atoms with Crippen molar-refractivity contribution in [1.82, 2.24) is 14.7 Å². The minimum atomic E-state index is -0.876. The first kappa shape index (κ1) is 16.4. The molecule has 1 aromatic heterocycles. The molecule has 21 heavy (non-hydrogen) atoms. The van der Waals surface area contributed by atoms with E-state index < -0.39 is 5.60 Å². The summed E-state index contributed by atoms with van der Waals surface area (Å²) in [6, 6.07) is 0. The lowest BCUT2D eigenvalue weighted by atomic mass is 10.0. The summed E-state index contributed by atoms with van der Waals surface area (Å²) in [5.41, 5.74) is -0.475. The summed E-state index contributed by atoms with van der Waals surface area (Å²) in [6.45, 7) is 2.47. The maximum Gasteiger partial charge on any atom is 0.283 e. The predicted octanol–water partition coefficient (Wildman–Crippen LogP) is 0.131. The standard InChI is InChI=1S/C13H21BrN4O3/c1-17(2)4-5-18-12(19)11(14)10(7-16-18)15-8-13(20)3-6-21-9-13/h7,15,20H,3-6,8-9H2,1-2H3. The fourth-order valence-corrected chi connectivity index (χ4v) is 2.49. The summed E-state index contributed by atoms with van der Waals surface area (Å²) in [4.78, 5) is 14.2. The van der Waals surface area contributed by atoms with Crippen LogP contribution in [0, 0.1) is 0 Å². The summed E-state index contributed by atoms with van der Waals surface area (Å²) in [5, 5.41) is 17.4. The second kappa shape index (κ2) is 6.87. The van der Waals surface area contributed by atoms with Crippen LogP contribution in [0.4, 0.5) is 5.69 Å². The van der Waals surface area contributed by atoms with Crippen molar-refractivity contribution in [2.45, 2.75) is 18.6 Å². The number of aliphatic hydroxyl groups is 1. The fourth-order valence-electron chi connectivity index (χ4n) is 2.04. The van der Waals surface area contributed by atoms with Crippen molar-refractivity contribution in [2.75, 3.05) is 45.7 Å². The lowest BCUT2D eigenvalue weighted by Gasteiger charge is -2.21. The van der Waals surface area contributed by atoms with Crippen molar-refractivity contribution in [3.05, 3.63) is 21.0 Å². The Kier molecular flexibility index (Phi) is 5.37. The quantitative estimate of drug-likeness (QED) is 0.750. The third-order valence-electron chi connectivity index (χ3n) is 3.43. The van der Waals surface area contributed by atoms with Crippen LogP contribution >= 0.6 is 15.9 Å². The molecule has 1 aliphatic rings. The molecule has 2 N–H and O–H groups in total. The summed E-state index contributed by atoms with van der Waals surface area (Å²) in [5.74, 6) is 0. The Labute approximate surface area is 132 Å². The zero-order chi connectivity index (χ0) is 15.5. The summed E-state index contributed by atoms with van der Waals surface area (Å²) in [6.07, 6.45) is 2.19. The molecule has 0 radical (unpaired) electrons. The molecular weight excluding hydrogens is 340 g/mol. The first-order valence-corrected chi connectivity index (χ1v) is 7.65. The van der Waals surface area contributed by atoms with E-state index in [1.807, 2.05) is 19.0 Å². The van der Waals surface area contributed by atoms with E-state index in [1.165, 1.54) is 4.68 Å². The number of aromatic nitrogens is 2. The third kappa shape index (κ3) is 4.26. The second-order valence-corrected chi connectivity index (χ2v) is 6.38. The molecule has 118 valence electrons. The van der Waals surface area contributed by atoms with Crippen LogP contribution in [0.1, 0.15) is 6.42 Å². The van der Waals surface area contributed by atoms with Gasteiger partial charge in [0, 0.05) is 26.1 Å². The molecule has 1 aliphatic heterocycles. The van der Waals surface area contributed by atoms with Crippen LogP contribution in [0.15, 0.2) is 15.5 Å². The van der Waals surface area contributed by atoms with Gasteiger partial charge in [-0.2, -0.15) is 5.10 Å². The largest absolute Gasteiger partial charge is 0.386 e. The highest BCUT2D eigenvalue weighted by Crippen LogP contribution is 2.21. The van der Waals surface area contributed by atoms with E-state index >= 15 is 0 Å². The van der Waals surface area contributed by atoms with Gasteiger partial charge in [-0.3, -0.25) is 4.79 Å². The highest BCUT2D eigenvalue weighted by Gasteiger charge is 2.32. The monoisotopic (exact) mass is 360 g/mol. The van der Waals surface area contributed by atoms with Gasteiger partial charge < -0.3 is 20.1 Å². The van der Waals surface area contributed by atoms with Crippen molar-refractivity contribution < 1.29 is 9.84 Å². The molecule has 1 unspecified atom stereocenters. The van der Waals surface area contributed by atoms with Gasteiger partial charge in [0.25, 0.3) is 5.56 Å². The average molecular weight is 361 g/mol. The highest BCUT2D eigenvalue weighted by molar-refractivity contribution is 9.10. The van der Waals surface area contributed by atoms with E-state index in [0.717, 1.165) is 6.54 Å². The number of likely N-dealkylation sites (N-methyl/N-ethyl adjacent to an activating group) is 1. The summed E-state index contributed by atoms with van der Waals surface area (Å²) in [7, 11) is 3.89. The van der Waals surface area contributed by atoms with Crippen molar-refractivity contribution in [1.29, 1.82) is 0 Å². The number of nitrogens with one attached hydrogen (secondary N) is 1. The molecule has 2 heterocycles. The molecule has 1 aromatic rings. The fraction of sp³-hybridized carbons (Fsp3) is 0.692. The Morgan fingerprint density at radius 3 is 3.00 bits per heavy atom. The molecule has 0 bridgehead atoms. The van der Waals surface area contributed by atoms with Gasteiger partial charge in [-0.1, -0.05) is 0 Å². The Morgan fingerprint density at radius 2 is 2.38 bits per heavy atom. The van der Waals surface area contributed by atoms with Crippen LogP contribution in [-0.2, 0) is 11.3 Å². The van der Waals surface area contributed by atoms with Crippen LogP contribution in [0.5, 0.6) is 0 Å². The molecule has 1 saturated heterocycles. The predicted molar refractivity (Wildman–Crippen MR) is 83.6 cm³/mol. The normalized spacial score (nSPS) is 22.0. The number of anilines is 1. The lowest BCUT2D eigenvalue weighted by molar-refractivity contribution is 0.0382. The van der Waals surface area contributed by atoms with Crippen LogP contribution < -0.4 is 10.9 Å². The number of ether oxygens (including phenoxy) is 1. The lowest BCUT2D eigenvalue weighted by Crippen LogP contribution is -2.38. The van der Waals surface area contributed by atoms with Crippen LogP contribution in [0.2, 0.25) is 0 Å². The maximum absolute atomic E-state index is 12.2. The van der Waals surface area contributed by atoms with Gasteiger partial charge in [0.1, 0.15) is 10.1 Å². The molecular formula is C13H21BrN4O3. The SMILES string of the molecule is CN(C)CCn1ncc(NCC2(O)CCOC2)c(Br)c1=O. The average Bonchev–Trinajstić information content (AvgIpc) is 2.86. The van der Waals surface area contributed by atoms with Gasteiger partial charge in [-0.05, 0) is 30.0 Å². The molecule has 1 fully saturated rings. The molecule has 0 amide bonds. The number of halogens is 1. The number of rotatable bonds is 6. The maximum atomic E-state index is 12.2. The molecule has 0 aromatic carbocycles. The van der Waals surface area contributed by atoms with Crippen molar-refractivity contribution in [3.63, 3.8) is 0 Å². The van der Waals surface area contributed by atoms with Gasteiger partial charge in [0.15, 0.2) is 0 Å². The van der Waals surface area contributed by atoms with Crippen LogP contribution in [-0.4, -0.2) is 65.8 Å². The van der Waals surface area contributed by atoms with E-state index in [9.17, 15) is 9.90 Å². The molecule has 0 spiro atoms. The van der Waals surface area contributed by atoms with Gasteiger partial charge in [0.2, 0.25) is 0 Å². The molecule has 8 heteroatoms. The zero-order valence-corrected chi connectivity index (χ0v) is 13.9. The number of nitrogens with zero attached hydrogens (tertiary/aromatic N) is 3. The van der Waals surface area contributed by atoms with Crippen molar-refractivity contribution >= 4 is 21.6 Å². The number of hydrogen-bond acceptors (Lipinski definition) is 6. The second-order valence-electron chi connectivity index (χ2n) is 5.58. The van der Waals surface area contributed by atoms with E-state index in [1.54, 1.807) is 6.20 Å². The van der Waals surface area contributed by atoms with Gasteiger partial charge >= 0.3 is 0 Å². The Hall–Kier alpha value is -0.960. The number of hydrogen-bond donors (Lipinski definition) is 2. The van der Waals surface area contributed by atoms with E-state index in [0.29, 0.717) is 42.9 Å². The zero-order valence-electron chi connectivity index (χ0n) is 12.3. The first-order valence-electron chi connectivity index (χ1n) is 6.86. The van der Waals surface area contributed by atoms with E-state index in [-0.39, 0.29) is 5.56 Å². The minimum absolute atomic E-state index is 0.184. The Balaban J connectivity index is 2.04. The molecule has 0 saturated carbocycles. The topological polar surface area (TPSA) is 79.6 Å². The van der Waals surface area contributed by atoms with Crippen molar-refractivity contribution in [3.8, 4) is 0 Å². The summed E-state index contributed by atoms with van der Waals surface area (Å²) >= 11 is 3.30. The third-order valence-corrected chi connectivity index (χ3v) is 4.20. The highest BCUT2D eigenvalue weighted by atomic mass is 79.9. The van der Waals surface area contributed by atoms with Crippen molar-refractivity contribution in [2.24, 2.45) is 0 Å². The minimum Gasteiger partial charge on any atom is -0.386 e. The Morgan fingerprint density at radius 1 is 1.62 bits per heavy atom. The summed E-state index contributed by atoms with van der Waals surface area (Å²) < 4.78 is 7.04. The Bertz CT molecular complexity index is 541.